The minimum atomic E-state index is -5.07. The van der Waals surface area contributed by atoms with Crippen molar-refractivity contribution >= 4 is 12.5 Å². The van der Waals surface area contributed by atoms with E-state index < -0.39 is 53.4 Å². The van der Waals surface area contributed by atoms with Gasteiger partial charge in [0.1, 0.15) is 12.6 Å². The molecule has 2 aromatic carbocycles. The van der Waals surface area contributed by atoms with Crippen molar-refractivity contribution < 1.29 is 45.4 Å². The number of carbonyl (C=O) groups excluding carboxylic acids is 1. The van der Waals surface area contributed by atoms with Crippen LogP contribution in [0.15, 0.2) is 66.0 Å². The van der Waals surface area contributed by atoms with Crippen LogP contribution in [0.1, 0.15) is 28.3 Å². The van der Waals surface area contributed by atoms with Crippen molar-refractivity contribution in [1.29, 1.82) is 0 Å². The number of ether oxygens (including phenoxy) is 2. The average molecular weight is 486 g/mol. The van der Waals surface area contributed by atoms with Crippen LogP contribution in [-0.2, 0) is 33.3 Å². The first-order valence-corrected chi connectivity index (χ1v) is 9.84. The lowest BCUT2D eigenvalue weighted by Gasteiger charge is -2.40. The number of alkyl halides is 6. The summed E-state index contributed by atoms with van der Waals surface area (Å²) in [4.78, 5) is 19.0. The van der Waals surface area contributed by atoms with Crippen LogP contribution in [0.5, 0.6) is 0 Å². The van der Waals surface area contributed by atoms with Crippen molar-refractivity contribution in [3.8, 4) is 0 Å². The van der Waals surface area contributed by atoms with E-state index in [-0.39, 0.29) is 12.7 Å². The lowest BCUT2D eigenvalue weighted by Crippen LogP contribution is -2.48. The van der Waals surface area contributed by atoms with Gasteiger partial charge in [-0.25, -0.2) is 4.79 Å². The van der Waals surface area contributed by atoms with Crippen LogP contribution in [0.4, 0.5) is 31.1 Å². The van der Waals surface area contributed by atoms with Crippen LogP contribution in [0.2, 0.25) is 0 Å². The third kappa shape index (κ3) is 4.95. The summed E-state index contributed by atoms with van der Waals surface area (Å²) in [5, 5.41) is 3.46. The molecule has 0 radical (unpaired) electrons. The number of carbonyl (C=O) groups is 1. The minimum absolute atomic E-state index is 0.00803. The van der Waals surface area contributed by atoms with E-state index in [1.165, 1.54) is 12.3 Å². The summed E-state index contributed by atoms with van der Waals surface area (Å²) < 4.78 is 91.1. The number of oxime groups is 1. The number of amides is 1. The van der Waals surface area contributed by atoms with Gasteiger partial charge in [-0.1, -0.05) is 35.5 Å². The van der Waals surface area contributed by atoms with Crippen LogP contribution in [0.3, 0.4) is 0 Å². The highest BCUT2D eigenvalue weighted by atomic mass is 19.4. The van der Waals surface area contributed by atoms with Gasteiger partial charge in [0.15, 0.2) is 12.2 Å². The molecule has 6 nitrogen and oxygen atoms in total. The molecule has 180 valence electrons. The third-order valence-electron chi connectivity index (χ3n) is 5.18. The monoisotopic (exact) mass is 486 g/mol. The molecule has 0 aromatic heterocycles. The molecule has 0 saturated heterocycles. The Bertz CT molecular complexity index is 1070. The predicted octanol–water partition coefficient (Wildman–Crippen LogP) is 5.66. The quantitative estimate of drug-likeness (QED) is 0.526. The number of fused-ring (bicyclic) bond motifs is 1. The van der Waals surface area contributed by atoms with Gasteiger partial charge in [0.2, 0.25) is 6.40 Å². The predicted molar refractivity (Wildman–Crippen MR) is 105 cm³/mol. The van der Waals surface area contributed by atoms with Crippen molar-refractivity contribution in [2.24, 2.45) is 5.16 Å². The van der Waals surface area contributed by atoms with Gasteiger partial charge in [0.25, 0.3) is 0 Å². The molecule has 34 heavy (non-hydrogen) atoms. The first-order chi connectivity index (χ1) is 16.0. The van der Waals surface area contributed by atoms with Gasteiger partial charge in [-0.2, -0.15) is 26.3 Å². The molecule has 0 fully saturated rings. The Morgan fingerprint density at radius 1 is 1.00 bits per heavy atom. The van der Waals surface area contributed by atoms with Crippen LogP contribution in [0, 0.1) is 0 Å². The second-order valence-corrected chi connectivity index (χ2v) is 7.45. The number of nitrogens with zero attached hydrogens (tertiary/aromatic N) is 2. The molecule has 2 aliphatic rings. The second-order valence-electron chi connectivity index (χ2n) is 7.45. The van der Waals surface area contributed by atoms with Gasteiger partial charge in [-0.05, 0) is 35.4 Å². The Labute approximate surface area is 189 Å². The first-order valence-electron chi connectivity index (χ1n) is 9.84. The van der Waals surface area contributed by atoms with Crippen LogP contribution < -0.4 is 0 Å². The molecule has 2 aromatic rings. The summed E-state index contributed by atoms with van der Waals surface area (Å²) >= 11 is 0. The minimum Gasteiger partial charge on any atom is -0.469 e. The molecule has 1 amide bonds. The first kappa shape index (κ1) is 23.5. The highest BCUT2D eigenvalue weighted by Gasteiger charge is 2.46. The molecule has 3 unspecified atom stereocenters. The fourth-order valence-corrected chi connectivity index (χ4v) is 3.62. The second kappa shape index (κ2) is 8.92. The Balaban J connectivity index is 1.74. The molecule has 0 N–H and O–H groups in total. The SMILES string of the molecule is O=C(OCc1ccccc1)N1C=CC2OC=NOC2C1c1cc(C(F)(F)F)cc(C(F)(F)F)c1. The van der Waals surface area contributed by atoms with E-state index >= 15 is 0 Å². The Kier molecular flexibility index (Phi) is 6.15. The van der Waals surface area contributed by atoms with E-state index in [4.69, 9.17) is 14.3 Å². The highest BCUT2D eigenvalue weighted by molar-refractivity contribution is 5.70. The van der Waals surface area contributed by atoms with E-state index in [9.17, 15) is 31.1 Å². The van der Waals surface area contributed by atoms with E-state index in [2.05, 4.69) is 5.16 Å². The third-order valence-corrected chi connectivity index (χ3v) is 5.18. The summed E-state index contributed by atoms with van der Waals surface area (Å²) in [5.41, 5.74) is -2.90. The topological polar surface area (TPSA) is 60.4 Å². The molecule has 2 heterocycles. The zero-order valence-corrected chi connectivity index (χ0v) is 17.1. The van der Waals surface area contributed by atoms with Gasteiger partial charge in [0.05, 0.1) is 11.1 Å². The van der Waals surface area contributed by atoms with Crippen molar-refractivity contribution in [1.82, 2.24) is 4.90 Å². The lowest BCUT2D eigenvalue weighted by atomic mass is 9.90. The highest BCUT2D eigenvalue weighted by Crippen LogP contribution is 2.41. The van der Waals surface area contributed by atoms with Crippen LogP contribution >= 0.6 is 0 Å². The molecule has 0 saturated carbocycles. The Morgan fingerprint density at radius 3 is 2.26 bits per heavy atom. The lowest BCUT2D eigenvalue weighted by molar-refractivity contribution is -0.143. The summed E-state index contributed by atoms with van der Waals surface area (Å²) in [7, 11) is 0. The number of halogens is 6. The average Bonchev–Trinajstić information content (AvgIpc) is 2.81. The summed E-state index contributed by atoms with van der Waals surface area (Å²) in [6.07, 6.45) is -9.80. The summed E-state index contributed by atoms with van der Waals surface area (Å²) in [5.74, 6) is 0. The van der Waals surface area contributed by atoms with Crippen molar-refractivity contribution in [2.45, 2.75) is 37.2 Å². The zero-order valence-electron chi connectivity index (χ0n) is 17.1. The number of rotatable bonds is 3. The normalized spacial score (nSPS) is 21.9. The molecule has 0 aliphatic carbocycles. The fourth-order valence-electron chi connectivity index (χ4n) is 3.62. The molecule has 4 rings (SSSR count). The largest absolute Gasteiger partial charge is 0.469 e. The molecular weight excluding hydrogens is 470 g/mol. The smallest absolute Gasteiger partial charge is 0.416 e. The van der Waals surface area contributed by atoms with E-state index in [1.807, 2.05) is 0 Å². The van der Waals surface area contributed by atoms with E-state index in [1.54, 1.807) is 30.3 Å². The Hall–Kier alpha value is -3.70. The maximum absolute atomic E-state index is 13.4. The number of benzene rings is 2. The summed E-state index contributed by atoms with van der Waals surface area (Å²) in [6.45, 7) is -0.170. The van der Waals surface area contributed by atoms with Crippen molar-refractivity contribution in [2.75, 3.05) is 0 Å². The van der Waals surface area contributed by atoms with E-state index in [0.29, 0.717) is 17.7 Å². The Morgan fingerprint density at radius 2 is 1.65 bits per heavy atom. The molecule has 3 atom stereocenters. The fraction of sp³-hybridized carbons (Fsp3) is 0.273. The van der Waals surface area contributed by atoms with Gasteiger partial charge in [0, 0.05) is 6.20 Å². The van der Waals surface area contributed by atoms with Crippen molar-refractivity contribution in [3.63, 3.8) is 0 Å². The standard InChI is InChI=1S/C22H16F6N2O4/c23-21(24,25)15-8-14(9-16(10-15)22(26,27)28)18-19-17(33-12-29-34-19)6-7-30(18)20(31)32-11-13-4-2-1-3-5-13/h1-10,12,17-19H,11H2. The van der Waals surface area contributed by atoms with Crippen molar-refractivity contribution in [3.05, 3.63) is 83.1 Å². The number of hydrogen-bond donors (Lipinski definition) is 0. The van der Waals surface area contributed by atoms with Gasteiger partial charge < -0.3 is 14.3 Å². The van der Waals surface area contributed by atoms with Gasteiger partial charge >= 0.3 is 18.4 Å². The van der Waals surface area contributed by atoms with Gasteiger partial charge in [-0.15, -0.1) is 0 Å². The molecule has 2 aliphatic heterocycles. The zero-order chi connectivity index (χ0) is 24.5. The van der Waals surface area contributed by atoms with Crippen LogP contribution in [-0.4, -0.2) is 29.6 Å². The molecule has 12 heteroatoms. The molecule has 0 bridgehead atoms. The van der Waals surface area contributed by atoms with Crippen LogP contribution in [0.25, 0.3) is 0 Å². The molecular formula is C22H16F6N2O4. The number of hydrogen-bond acceptors (Lipinski definition) is 5. The maximum Gasteiger partial charge on any atom is 0.416 e. The summed E-state index contributed by atoms with van der Waals surface area (Å²) in [6, 6.07) is 8.16. The molecule has 0 spiro atoms. The van der Waals surface area contributed by atoms with Gasteiger partial charge in [-0.3, -0.25) is 4.90 Å². The maximum atomic E-state index is 13.4. The van der Waals surface area contributed by atoms with E-state index in [0.717, 1.165) is 11.3 Å².